The summed E-state index contributed by atoms with van der Waals surface area (Å²) < 4.78 is 0. The molecule has 0 radical (unpaired) electrons. The first-order valence-electron chi connectivity index (χ1n) is 23.1. The predicted molar refractivity (Wildman–Crippen MR) is 291 cm³/mol. The lowest BCUT2D eigenvalue weighted by Crippen LogP contribution is -2.11. The summed E-state index contributed by atoms with van der Waals surface area (Å²) in [5.74, 6) is 0. The highest BCUT2D eigenvalue weighted by molar-refractivity contribution is 5.90. The van der Waals surface area contributed by atoms with Crippen molar-refractivity contribution in [1.82, 2.24) is 0 Å². The van der Waals surface area contributed by atoms with Crippen LogP contribution in [-0.2, 0) is 0 Å². The Morgan fingerprint density at radius 2 is 0.574 bits per heavy atom. The van der Waals surface area contributed by atoms with Crippen LogP contribution in [0.3, 0.4) is 0 Å². The van der Waals surface area contributed by atoms with Gasteiger partial charge in [0.1, 0.15) is 0 Å². The van der Waals surface area contributed by atoms with Crippen LogP contribution in [0.5, 0.6) is 0 Å². The third-order valence-corrected chi connectivity index (χ3v) is 12.5. The average Bonchev–Trinajstić information content (AvgIpc) is 3.42. The Morgan fingerprint density at radius 1 is 0.279 bits per heavy atom. The molecule has 324 valence electrons. The minimum atomic E-state index is 1.03. The standard InChI is InChI=1S/C66H50N2/c1-3-16-49(4-2)53-29-45-63(46-30-53)68(64-47-37-57(38-48-64)52-21-12-7-13-22-52)66-24-15-14-23-65(66)59-27-25-54(26-28-59)58-35-43-62(44-36-58)67(60-39-31-55(32-40-60)50-17-8-5-9-18-50)61-41-33-56(34-42-61)51-19-10-6-11-20-51/h3-48H,1-2H2/b49-16+. The van der Waals surface area contributed by atoms with Crippen LogP contribution in [0.15, 0.2) is 292 Å². The largest absolute Gasteiger partial charge is 0.311 e. The van der Waals surface area contributed by atoms with Gasteiger partial charge in [0, 0.05) is 34.0 Å². The van der Waals surface area contributed by atoms with E-state index in [1.165, 1.54) is 33.4 Å². The molecule has 0 spiro atoms. The number of para-hydroxylation sites is 1. The summed E-state index contributed by atoms with van der Waals surface area (Å²) in [6, 6.07) is 93.4. The lowest BCUT2D eigenvalue weighted by Gasteiger charge is -2.28. The highest BCUT2D eigenvalue weighted by atomic mass is 15.1. The van der Waals surface area contributed by atoms with Crippen molar-refractivity contribution in [3.8, 4) is 55.6 Å². The molecule has 68 heavy (non-hydrogen) atoms. The van der Waals surface area contributed by atoms with Crippen LogP contribution >= 0.6 is 0 Å². The fourth-order valence-electron chi connectivity index (χ4n) is 8.95. The maximum Gasteiger partial charge on any atom is 0.0540 e. The highest BCUT2D eigenvalue weighted by Gasteiger charge is 2.19. The zero-order chi connectivity index (χ0) is 46.1. The van der Waals surface area contributed by atoms with Crippen LogP contribution in [0.4, 0.5) is 34.1 Å². The average molecular weight is 871 g/mol. The molecule has 0 aromatic heterocycles. The fraction of sp³-hybridized carbons (Fsp3) is 0. The SMILES string of the molecule is C=C/C=C(\C=C)c1ccc(N(c2ccc(-c3ccccc3)cc2)c2ccccc2-c2ccc(-c3ccc(N(c4ccc(-c5ccccc5)cc4)c4ccc(-c5ccccc5)cc4)cc3)cc2)cc1. The topological polar surface area (TPSA) is 6.48 Å². The van der Waals surface area contributed by atoms with Crippen LogP contribution in [0.25, 0.3) is 61.2 Å². The van der Waals surface area contributed by atoms with Crippen LogP contribution in [0, 0.1) is 0 Å². The third kappa shape index (κ3) is 9.26. The van der Waals surface area contributed by atoms with E-state index in [9.17, 15) is 0 Å². The minimum absolute atomic E-state index is 1.03. The molecule has 0 atom stereocenters. The summed E-state index contributed by atoms with van der Waals surface area (Å²) in [5, 5.41) is 0. The summed E-state index contributed by atoms with van der Waals surface area (Å²) in [5.41, 5.74) is 20.3. The smallest absolute Gasteiger partial charge is 0.0540 e. The molecule has 0 saturated heterocycles. The third-order valence-electron chi connectivity index (χ3n) is 12.5. The summed E-state index contributed by atoms with van der Waals surface area (Å²) in [6.07, 6.45) is 5.66. The summed E-state index contributed by atoms with van der Waals surface area (Å²) in [6.45, 7) is 7.94. The first-order chi connectivity index (χ1) is 33.6. The quantitative estimate of drug-likeness (QED) is 0.100. The molecule has 0 aliphatic heterocycles. The van der Waals surface area contributed by atoms with Crippen molar-refractivity contribution in [2.24, 2.45) is 0 Å². The molecule has 2 nitrogen and oxygen atoms in total. The molecule has 0 amide bonds. The molecule has 0 saturated carbocycles. The van der Waals surface area contributed by atoms with Gasteiger partial charge in [-0.05, 0) is 128 Å². The Labute approximate surface area is 401 Å². The summed E-state index contributed by atoms with van der Waals surface area (Å²) in [7, 11) is 0. The number of anilines is 6. The van der Waals surface area contributed by atoms with Crippen molar-refractivity contribution in [1.29, 1.82) is 0 Å². The number of hydrogen-bond donors (Lipinski definition) is 0. The van der Waals surface area contributed by atoms with Crippen LogP contribution < -0.4 is 9.80 Å². The first-order valence-corrected chi connectivity index (χ1v) is 23.1. The molecule has 10 aromatic carbocycles. The van der Waals surface area contributed by atoms with Crippen molar-refractivity contribution < 1.29 is 0 Å². The number of rotatable bonds is 14. The molecular weight excluding hydrogens is 821 g/mol. The van der Waals surface area contributed by atoms with Gasteiger partial charge in [-0.3, -0.25) is 0 Å². The van der Waals surface area contributed by atoms with Gasteiger partial charge in [0.05, 0.1) is 5.69 Å². The Morgan fingerprint density at radius 3 is 0.941 bits per heavy atom. The molecule has 0 fully saturated rings. The Bertz CT molecular complexity index is 3200. The normalized spacial score (nSPS) is 11.1. The summed E-state index contributed by atoms with van der Waals surface area (Å²) >= 11 is 0. The van der Waals surface area contributed by atoms with E-state index >= 15 is 0 Å². The molecule has 10 rings (SSSR count). The van der Waals surface area contributed by atoms with Gasteiger partial charge in [-0.2, -0.15) is 0 Å². The molecule has 0 unspecified atom stereocenters. The van der Waals surface area contributed by atoms with E-state index in [1.807, 2.05) is 12.2 Å². The Balaban J connectivity index is 0.967. The van der Waals surface area contributed by atoms with E-state index < -0.39 is 0 Å². The zero-order valence-corrected chi connectivity index (χ0v) is 37.9. The van der Waals surface area contributed by atoms with Crippen molar-refractivity contribution in [2.75, 3.05) is 9.80 Å². The van der Waals surface area contributed by atoms with Gasteiger partial charge in [-0.25, -0.2) is 0 Å². The lowest BCUT2D eigenvalue weighted by molar-refractivity contribution is 1.28. The van der Waals surface area contributed by atoms with E-state index in [0.717, 1.165) is 67.5 Å². The fourth-order valence-corrected chi connectivity index (χ4v) is 8.95. The van der Waals surface area contributed by atoms with E-state index in [4.69, 9.17) is 0 Å². The Kier molecular flexibility index (Phi) is 12.7. The van der Waals surface area contributed by atoms with E-state index in [-0.39, 0.29) is 0 Å². The van der Waals surface area contributed by atoms with Gasteiger partial charge in [0.2, 0.25) is 0 Å². The second-order valence-corrected chi connectivity index (χ2v) is 16.7. The van der Waals surface area contributed by atoms with Crippen LogP contribution in [0.1, 0.15) is 5.56 Å². The van der Waals surface area contributed by atoms with Gasteiger partial charge in [-0.1, -0.05) is 226 Å². The minimum Gasteiger partial charge on any atom is -0.311 e. The molecule has 0 heterocycles. The second kappa shape index (κ2) is 20.0. The number of hydrogen-bond acceptors (Lipinski definition) is 2. The highest BCUT2D eigenvalue weighted by Crippen LogP contribution is 2.43. The zero-order valence-electron chi connectivity index (χ0n) is 37.9. The predicted octanol–water partition coefficient (Wildman–Crippen LogP) is 18.7. The van der Waals surface area contributed by atoms with Crippen LogP contribution in [0.2, 0.25) is 0 Å². The van der Waals surface area contributed by atoms with E-state index in [1.54, 1.807) is 6.08 Å². The molecule has 0 aliphatic carbocycles. The summed E-state index contributed by atoms with van der Waals surface area (Å²) in [4.78, 5) is 4.68. The molecular formula is C66H50N2. The molecule has 0 aliphatic rings. The molecule has 2 heteroatoms. The van der Waals surface area contributed by atoms with E-state index in [2.05, 4.69) is 284 Å². The van der Waals surface area contributed by atoms with Gasteiger partial charge in [-0.15, -0.1) is 0 Å². The molecule has 10 aromatic rings. The van der Waals surface area contributed by atoms with Crippen LogP contribution in [-0.4, -0.2) is 0 Å². The number of nitrogens with zero attached hydrogens (tertiary/aromatic N) is 2. The van der Waals surface area contributed by atoms with E-state index in [0.29, 0.717) is 0 Å². The lowest BCUT2D eigenvalue weighted by atomic mass is 9.97. The van der Waals surface area contributed by atoms with Gasteiger partial charge in [0.15, 0.2) is 0 Å². The van der Waals surface area contributed by atoms with Gasteiger partial charge in [0.25, 0.3) is 0 Å². The monoisotopic (exact) mass is 870 g/mol. The maximum absolute atomic E-state index is 4.04. The molecule has 0 bridgehead atoms. The number of allylic oxidation sites excluding steroid dienone is 4. The first kappa shape index (κ1) is 42.9. The maximum atomic E-state index is 4.04. The van der Waals surface area contributed by atoms with Gasteiger partial charge < -0.3 is 9.80 Å². The van der Waals surface area contributed by atoms with Crippen molar-refractivity contribution in [3.63, 3.8) is 0 Å². The van der Waals surface area contributed by atoms with Crippen molar-refractivity contribution in [3.05, 3.63) is 298 Å². The number of benzene rings is 10. The molecule has 0 N–H and O–H groups in total. The Hall–Kier alpha value is -8.98. The van der Waals surface area contributed by atoms with Crippen molar-refractivity contribution in [2.45, 2.75) is 0 Å². The van der Waals surface area contributed by atoms with Crippen molar-refractivity contribution >= 4 is 39.7 Å². The van der Waals surface area contributed by atoms with Gasteiger partial charge >= 0.3 is 0 Å². The second-order valence-electron chi connectivity index (χ2n) is 16.7.